The fraction of sp³-hybridized carbons (Fsp3) is 0.786. The number of nitrogens with zero attached hydrogens (tertiary/aromatic N) is 2. The van der Waals surface area contributed by atoms with E-state index in [-0.39, 0.29) is 6.10 Å². The van der Waals surface area contributed by atoms with E-state index in [1.807, 2.05) is 12.4 Å². The van der Waals surface area contributed by atoms with Crippen molar-refractivity contribution in [3.05, 3.63) is 18.2 Å². The maximum Gasteiger partial charge on any atom is 0.111 e. The lowest BCUT2D eigenvalue weighted by atomic mass is 10.0. The second-order valence-corrected chi connectivity index (χ2v) is 5.59. The zero-order valence-electron chi connectivity index (χ0n) is 10.5. The molecular formula is C14H22N2O. The Labute approximate surface area is 103 Å². The Bertz CT molecular complexity index is 375. The molecule has 1 heterocycles. The van der Waals surface area contributed by atoms with Crippen LogP contribution in [-0.4, -0.2) is 20.8 Å². The molecule has 0 amide bonds. The minimum atomic E-state index is -0.171. The molecule has 0 radical (unpaired) electrons. The standard InChI is InChI=1S/C14H22N2O/c1-2-16-8-7-15-13(16)9-12(17)14-10-5-3-4-6-11(10)14/h7-8,10-12,14,17H,2-6,9H2,1H3. The second-order valence-electron chi connectivity index (χ2n) is 5.59. The summed E-state index contributed by atoms with van der Waals surface area (Å²) in [5.41, 5.74) is 0. The molecular weight excluding hydrogens is 212 g/mol. The van der Waals surface area contributed by atoms with Gasteiger partial charge in [-0.05, 0) is 37.5 Å². The largest absolute Gasteiger partial charge is 0.392 e. The summed E-state index contributed by atoms with van der Waals surface area (Å²) in [4.78, 5) is 4.36. The van der Waals surface area contributed by atoms with Crippen molar-refractivity contribution in [2.24, 2.45) is 17.8 Å². The molecule has 0 aliphatic heterocycles. The minimum Gasteiger partial charge on any atom is -0.392 e. The molecule has 1 aromatic rings. The number of imidazole rings is 1. The van der Waals surface area contributed by atoms with Gasteiger partial charge in [0.1, 0.15) is 5.82 Å². The maximum atomic E-state index is 10.4. The summed E-state index contributed by atoms with van der Waals surface area (Å²) in [5, 5.41) is 10.4. The molecule has 1 aromatic heterocycles. The van der Waals surface area contributed by atoms with Crippen LogP contribution < -0.4 is 0 Å². The molecule has 1 N–H and O–H groups in total. The van der Waals surface area contributed by atoms with Crippen molar-refractivity contribution >= 4 is 0 Å². The molecule has 0 aromatic carbocycles. The number of hydrogen-bond donors (Lipinski definition) is 1. The van der Waals surface area contributed by atoms with Gasteiger partial charge in [0.25, 0.3) is 0 Å². The Balaban J connectivity index is 1.62. The van der Waals surface area contributed by atoms with Crippen LogP contribution >= 0.6 is 0 Å². The molecule has 3 nitrogen and oxygen atoms in total. The lowest BCUT2D eigenvalue weighted by Gasteiger charge is -2.11. The average molecular weight is 234 g/mol. The van der Waals surface area contributed by atoms with Gasteiger partial charge in [-0.3, -0.25) is 0 Å². The van der Waals surface area contributed by atoms with E-state index in [1.165, 1.54) is 25.7 Å². The monoisotopic (exact) mass is 234 g/mol. The molecule has 2 saturated carbocycles. The Morgan fingerprint density at radius 2 is 2.12 bits per heavy atom. The van der Waals surface area contributed by atoms with Gasteiger partial charge in [0, 0.05) is 25.4 Å². The van der Waals surface area contributed by atoms with Gasteiger partial charge in [-0.1, -0.05) is 12.8 Å². The molecule has 0 bridgehead atoms. The van der Waals surface area contributed by atoms with E-state index >= 15 is 0 Å². The minimum absolute atomic E-state index is 0.171. The first kappa shape index (κ1) is 11.3. The summed E-state index contributed by atoms with van der Waals surface area (Å²) in [6.45, 7) is 3.06. The Morgan fingerprint density at radius 3 is 2.76 bits per heavy atom. The topological polar surface area (TPSA) is 38.0 Å². The fourth-order valence-corrected chi connectivity index (χ4v) is 3.76. The summed E-state index contributed by atoms with van der Waals surface area (Å²) >= 11 is 0. The third-order valence-electron chi connectivity index (χ3n) is 4.70. The first-order chi connectivity index (χ1) is 8.31. The smallest absolute Gasteiger partial charge is 0.111 e. The van der Waals surface area contributed by atoms with Crippen molar-refractivity contribution in [3.63, 3.8) is 0 Å². The van der Waals surface area contributed by atoms with Crippen molar-refractivity contribution in [2.75, 3.05) is 0 Å². The highest BCUT2D eigenvalue weighted by molar-refractivity contribution is 5.05. The van der Waals surface area contributed by atoms with Crippen molar-refractivity contribution < 1.29 is 5.11 Å². The van der Waals surface area contributed by atoms with E-state index in [1.54, 1.807) is 0 Å². The van der Waals surface area contributed by atoms with Gasteiger partial charge in [-0.2, -0.15) is 0 Å². The number of aliphatic hydroxyl groups is 1. The summed E-state index contributed by atoms with van der Waals surface area (Å²) in [5.74, 6) is 3.26. The van der Waals surface area contributed by atoms with Crippen LogP contribution in [0.4, 0.5) is 0 Å². The molecule has 2 aliphatic carbocycles. The predicted octanol–water partition coefficient (Wildman–Crippen LogP) is 2.24. The molecule has 17 heavy (non-hydrogen) atoms. The van der Waals surface area contributed by atoms with E-state index in [0.29, 0.717) is 5.92 Å². The van der Waals surface area contributed by atoms with Crippen LogP contribution in [0.25, 0.3) is 0 Å². The van der Waals surface area contributed by atoms with Gasteiger partial charge in [0.05, 0.1) is 6.10 Å². The zero-order valence-corrected chi connectivity index (χ0v) is 10.5. The van der Waals surface area contributed by atoms with Crippen LogP contribution in [0.5, 0.6) is 0 Å². The SMILES string of the molecule is CCn1ccnc1CC(O)C1C2CCCCC21. The van der Waals surface area contributed by atoms with Crippen molar-refractivity contribution in [3.8, 4) is 0 Å². The van der Waals surface area contributed by atoms with E-state index in [9.17, 15) is 5.11 Å². The maximum absolute atomic E-state index is 10.4. The number of aromatic nitrogens is 2. The highest BCUT2D eigenvalue weighted by Gasteiger charge is 2.53. The van der Waals surface area contributed by atoms with Crippen LogP contribution in [0.1, 0.15) is 38.4 Å². The van der Waals surface area contributed by atoms with Crippen LogP contribution in [-0.2, 0) is 13.0 Å². The highest BCUT2D eigenvalue weighted by atomic mass is 16.3. The second kappa shape index (κ2) is 4.45. The van der Waals surface area contributed by atoms with Crippen LogP contribution in [0.15, 0.2) is 12.4 Å². The van der Waals surface area contributed by atoms with E-state index in [2.05, 4.69) is 16.5 Å². The van der Waals surface area contributed by atoms with Crippen LogP contribution in [0.2, 0.25) is 0 Å². The quantitative estimate of drug-likeness (QED) is 0.867. The van der Waals surface area contributed by atoms with Crippen molar-refractivity contribution in [1.29, 1.82) is 0 Å². The fourth-order valence-electron chi connectivity index (χ4n) is 3.76. The highest BCUT2D eigenvalue weighted by Crippen LogP contribution is 2.57. The van der Waals surface area contributed by atoms with Gasteiger partial charge < -0.3 is 9.67 Å². The number of rotatable bonds is 4. The molecule has 2 aliphatic rings. The third kappa shape index (κ3) is 2.01. The van der Waals surface area contributed by atoms with Crippen molar-refractivity contribution in [2.45, 2.75) is 51.7 Å². The van der Waals surface area contributed by atoms with Crippen LogP contribution in [0, 0.1) is 17.8 Å². The van der Waals surface area contributed by atoms with Gasteiger partial charge in [0.2, 0.25) is 0 Å². The third-order valence-corrected chi connectivity index (χ3v) is 4.70. The number of aliphatic hydroxyl groups excluding tert-OH is 1. The summed E-state index contributed by atoms with van der Waals surface area (Å²) < 4.78 is 2.13. The Hall–Kier alpha value is -0.830. The average Bonchev–Trinajstić information content (AvgIpc) is 2.92. The lowest BCUT2D eigenvalue weighted by Crippen LogP contribution is -2.18. The first-order valence-corrected chi connectivity index (χ1v) is 6.99. The molecule has 2 fully saturated rings. The van der Waals surface area contributed by atoms with Gasteiger partial charge in [-0.15, -0.1) is 0 Å². The van der Waals surface area contributed by atoms with E-state index < -0.39 is 0 Å². The molecule has 3 unspecified atom stereocenters. The Morgan fingerprint density at radius 1 is 1.41 bits per heavy atom. The van der Waals surface area contributed by atoms with Crippen molar-refractivity contribution in [1.82, 2.24) is 9.55 Å². The molecule has 94 valence electrons. The van der Waals surface area contributed by atoms with Gasteiger partial charge in [0.15, 0.2) is 0 Å². The van der Waals surface area contributed by atoms with E-state index in [4.69, 9.17) is 0 Å². The predicted molar refractivity (Wildman–Crippen MR) is 66.5 cm³/mol. The lowest BCUT2D eigenvalue weighted by molar-refractivity contribution is 0.137. The normalized spacial score (nSPS) is 33.2. The molecule has 3 rings (SSSR count). The number of fused-ring (bicyclic) bond motifs is 1. The van der Waals surface area contributed by atoms with Gasteiger partial charge >= 0.3 is 0 Å². The summed E-state index contributed by atoms with van der Waals surface area (Å²) in [6.07, 6.45) is 9.83. The molecule has 0 saturated heterocycles. The molecule has 3 heteroatoms. The molecule has 0 spiro atoms. The summed E-state index contributed by atoms with van der Waals surface area (Å²) in [6, 6.07) is 0. The number of aryl methyl sites for hydroxylation is 1. The van der Waals surface area contributed by atoms with Gasteiger partial charge in [-0.25, -0.2) is 4.98 Å². The Kier molecular flexibility index (Phi) is 2.95. The molecule has 3 atom stereocenters. The first-order valence-electron chi connectivity index (χ1n) is 6.99. The number of hydrogen-bond acceptors (Lipinski definition) is 2. The summed E-state index contributed by atoms with van der Waals surface area (Å²) in [7, 11) is 0. The van der Waals surface area contributed by atoms with E-state index in [0.717, 1.165) is 30.6 Å². The zero-order chi connectivity index (χ0) is 11.8. The van der Waals surface area contributed by atoms with Crippen LogP contribution in [0.3, 0.4) is 0 Å².